The van der Waals surface area contributed by atoms with Gasteiger partial charge in [-0.2, -0.15) is 10.4 Å². The van der Waals surface area contributed by atoms with Crippen LogP contribution in [0.3, 0.4) is 0 Å². The molecule has 0 fully saturated rings. The van der Waals surface area contributed by atoms with Crippen molar-refractivity contribution in [3.8, 4) is 6.07 Å². The maximum Gasteiger partial charge on any atom is 0.0992 e. The molecule has 1 heterocycles. The van der Waals surface area contributed by atoms with Crippen LogP contribution in [0.4, 0.5) is 5.69 Å². The van der Waals surface area contributed by atoms with Gasteiger partial charge in [-0.15, -0.1) is 0 Å². The van der Waals surface area contributed by atoms with E-state index in [1.165, 1.54) is 0 Å². The predicted molar refractivity (Wildman–Crippen MR) is 83.6 cm³/mol. The van der Waals surface area contributed by atoms with Gasteiger partial charge < -0.3 is 4.90 Å². The summed E-state index contributed by atoms with van der Waals surface area (Å²) in [5.41, 5.74) is 3.90. The van der Waals surface area contributed by atoms with Gasteiger partial charge in [-0.05, 0) is 40.5 Å². The molecule has 20 heavy (non-hydrogen) atoms. The van der Waals surface area contributed by atoms with Crippen LogP contribution in [0.2, 0.25) is 0 Å². The van der Waals surface area contributed by atoms with Gasteiger partial charge >= 0.3 is 0 Å². The van der Waals surface area contributed by atoms with Gasteiger partial charge in [-0.25, -0.2) is 0 Å². The Morgan fingerprint density at radius 3 is 2.80 bits per heavy atom. The van der Waals surface area contributed by atoms with Crippen LogP contribution >= 0.6 is 15.9 Å². The molecule has 2 rings (SSSR count). The van der Waals surface area contributed by atoms with E-state index < -0.39 is 0 Å². The third-order valence-electron chi connectivity index (χ3n) is 3.31. The van der Waals surface area contributed by atoms with Gasteiger partial charge in [0.2, 0.25) is 0 Å². The number of anilines is 1. The molecule has 1 aromatic heterocycles. The highest BCUT2D eigenvalue weighted by atomic mass is 79.9. The Bertz CT molecular complexity index is 654. The first-order chi connectivity index (χ1) is 9.56. The number of halogens is 1. The average molecular weight is 333 g/mol. The first kappa shape index (κ1) is 14.6. The third kappa shape index (κ3) is 2.86. The Hall–Kier alpha value is -1.80. The molecule has 2 aromatic rings. The number of aromatic nitrogens is 2. The first-order valence-corrected chi connectivity index (χ1v) is 7.27. The van der Waals surface area contributed by atoms with Crippen molar-refractivity contribution in [1.29, 1.82) is 5.26 Å². The normalized spacial score (nSPS) is 10.3. The zero-order valence-electron chi connectivity index (χ0n) is 11.9. The molecule has 0 aliphatic heterocycles. The largest absolute Gasteiger partial charge is 0.369 e. The maximum absolute atomic E-state index is 8.97. The van der Waals surface area contributed by atoms with Crippen LogP contribution in [-0.4, -0.2) is 16.8 Å². The van der Waals surface area contributed by atoms with E-state index in [-0.39, 0.29) is 0 Å². The highest BCUT2D eigenvalue weighted by Gasteiger charge is 2.14. The van der Waals surface area contributed by atoms with Gasteiger partial charge in [-0.3, -0.25) is 4.68 Å². The fourth-order valence-corrected chi connectivity index (χ4v) is 2.86. The summed E-state index contributed by atoms with van der Waals surface area (Å²) in [4.78, 5) is 2.11. The first-order valence-electron chi connectivity index (χ1n) is 6.48. The van der Waals surface area contributed by atoms with Crippen molar-refractivity contribution in [1.82, 2.24) is 9.78 Å². The van der Waals surface area contributed by atoms with Crippen LogP contribution in [0.25, 0.3) is 0 Å². The van der Waals surface area contributed by atoms with Gasteiger partial charge in [0, 0.05) is 19.8 Å². The van der Waals surface area contributed by atoms with Gasteiger partial charge in [0.15, 0.2) is 0 Å². The van der Waals surface area contributed by atoms with Crippen LogP contribution in [0.5, 0.6) is 0 Å². The molecular weight excluding hydrogens is 316 g/mol. The summed E-state index contributed by atoms with van der Waals surface area (Å²) < 4.78 is 2.99. The highest BCUT2D eigenvalue weighted by Crippen LogP contribution is 2.24. The molecule has 0 aliphatic rings. The van der Waals surface area contributed by atoms with Crippen LogP contribution in [0.1, 0.15) is 23.9 Å². The SMILES string of the molecule is CCc1nn(C)c(CN(C)c2cccc(C#N)c2)c1Br. The van der Waals surface area contributed by atoms with Crippen molar-refractivity contribution in [2.45, 2.75) is 19.9 Å². The lowest BCUT2D eigenvalue weighted by molar-refractivity contribution is 0.688. The Morgan fingerprint density at radius 1 is 1.45 bits per heavy atom. The summed E-state index contributed by atoms with van der Waals surface area (Å²) in [5, 5.41) is 13.5. The highest BCUT2D eigenvalue weighted by molar-refractivity contribution is 9.10. The fourth-order valence-electron chi connectivity index (χ4n) is 2.12. The second kappa shape index (κ2) is 6.10. The van der Waals surface area contributed by atoms with E-state index >= 15 is 0 Å². The standard InChI is InChI=1S/C15H17BrN4/c1-4-13-15(16)14(20(3)18-13)10-19(2)12-7-5-6-11(8-12)9-17/h5-8H,4,10H2,1-3H3. The van der Waals surface area contributed by atoms with Crippen LogP contribution < -0.4 is 4.90 Å². The molecule has 0 unspecified atom stereocenters. The number of nitriles is 1. The van der Waals surface area contributed by atoms with Gasteiger partial charge in [0.1, 0.15) is 0 Å². The average Bonchev–Trinajstić information content (AvgIpc) is 2.74. The summed E-state index contributed by atoms with van der Waals surface area (Å²) in [6, 6.07) is 9.78. The molecule has 0 radical (unpaired) electrons. The van der Waals surface area contributed by atoms with E-state index in [2.05, 4.69) is 38.9 Å². The molecule has 5 heteroatoms. The van der Waals surface area contributed by atoms with Crippen molar-refractivity contribution in [3.05, 3.63) is 45.7 Å². The van der Waals surface area contributed by atoms with E-state index in [4.69, 9.17) is 5.26 Å². The molecule has 0 aliphatic carbocycles. The van der Waals surface area contributed by atoms with E-state index in [9.17, 15) is 0 Å². The minimum Gasteiger partial charge on any atom is -0.369 e. The molecule has 0 spiro atoms. The minimum absolute atomic E-state index is 0.674. The number of nitrogens with zero attached hydrogens (tertiary/aromatic N) is 4. The lowest BCUT2D eigenvalue weighted by Crippen LogP contribution is -2.18. The van der Waals surface area contributed by atoms with E-state index in [0.717, 1.165) is 34.5 Å². The van der Waals surface area contributed by atoms with E-state index in [1.54, 1.807) is 0 Å². The molecule has 104 valence electrons. The molecule has 0 saturated heterocycles. The Balaban J connectivity index is 2.25. The second-order valence-corrected chi connectivity index (χ2v) is 5.50. The summed E-state index contributed by atoms with van der Waals surface area (Å²) in [7, 11) is 3.97. The third-order valence-corrected chi connectivity index (χ3v) is 4.22. The lowest BCUT2D eigenvalue weighted by atomic mass is 10.2. The zero-order valence-corrected chi connectivity index (χ0v) is 13.5. The summed E-state index contributed by atoms with van der Waals surface area (Å²) in [5.74, 6) is 0. The van der Waals surface area contributed by atoms with Crippen molar-refractivity contribution < 1.29 is 0 Å². The summed E-state index contributed by atoms with van der Waals surface area (Å²) >= 11 is 3.63. The Morgan fingerprint density at radius 2 is 2.20 bits per heavy atom. The molecule has 0 bridgehead atoms. The number of benzene rings is 1. The molecule has 0 N–H and O–H groups in total. The van der Waals surface area contributed by atoms with Crippen molar-refractivity contribution >= 4 is 21.6 Å². The lowest BCUT2D eigenvalue weighted by Gasteiger charge is -2.19. The molecule has 4 nitrogen and oxygen atoms in total. The van der Waals surface area contributed by atoms with Crippen LogP contribution in [0, 0.1) is 11.3 Å². The quantitative estimate of drug-likeness (QED) is 0.863. The number of hydrogen-bond donors (Lipinski definition) is 0. The monoisotopic (exact) mass is 332 g/mol. The summed E-state index contributed by atoms with van der Waals surface area (Å²) in [6.07, 6.45) is 0.905. The van der Waals surface area contributed by atoms with Crippen LogP contribution in [0.15, 0.2) is 28.7 Å². The smallest absolute Gasteiger partial charge is 0.0992 e. The minimum atomic E-state index is 0.674. The van der Waals surface area contributed by atoms with Crippen molar-refractivity contribution in [3.63, 3.8) is 0 Å². The zero-order chi connectivity index (χ0) is 14.7. The molecule has 0 atom stereocenters. The van der Waals surface area contributed by atoms with Crippen molar-refractivity contribution in [2.75, 3.05) is 11.9 Å². The van der Waals surface area contributed by atoms with Gasteiger partial charge in [-0.1, -0.05) is 13.0 Å². The van der Waals surface area contributed by atoms with E-state index in [0.29, 0.717) is 5.56 Å². The number of rotatable bonds is 4. The second-order valence-electron chi connectivity index (χ2n) is 4.70. The number of aryl methyl sites for hydroxylation is 2. The van der Waals surface area contributed by atoms with E-state index in [1.807, 2.05) is 43.0 Å². The molecular formula is C15H17BrN4. The Kier molecular flexibility index (Phi) is 4.46. The number of hydrogen-bond acceptors (Lipinski definition) is 3. The van der Waals surface area contributed by atoms with Crippen molar-refractivity contribution in [2.24, 2.45) is 7.05 Å². The predicted octanol–water partition coefficient (Wildman–Crippen LogP) is 3.25. The van der Waals surface area contributed by atoms with Crippen LogP contribution in [-0.2, 0) is 20.0 Å². The fraction of sp³-hybridized carbons (Fsp3) is 0.333. The maximum atomic E-state index is 8.97. The molecule has 0 saturated carbocycles. The molecule has 1 aromatic carbocycles. The molecule has 0 amide bonds. The summed E-state index contributed by atoms with van der Waals surface area (Å²) in [6.45, 7) is 2.83. The Labute approximate surface area is 127 Å². The topological polar surface area (TPSA) is 44.9 Å². The van der Waals surface area contributed by atoms with Gasteiger partial charge in [0.25, 0.3) is 0 Å². The van der Waals surface area contributed by atoms with Gasteiger partial charge in [0.05, 0.1) is 34.0 Å².